The molecule has 2 heterocycles. The Bertz CT molecular complexity index is 865. The number of fused-ring (bicyclic) bond motifs is 2. The summed E-state index contributed by atoms with van der Waals surface area (Å²) in [5.74, 6) is -1.60. The van der Waals surface area contributed by atoms with E-state index in [1.165, 1.54) is 12.1 Å². The number of methoxy groups -OCH3 is 1. The molecule has 2 aromatic rings. The van der Waals surface area contributed by atoms with Gasteiger partial charge < -0.3 is 14.2 Å². The number of hydrogen-bond donors (Lipinski definition) is 0. The lowest BCUT2D eigenvalue weighted by Gasteiger charge is -2.09. The van der Waals surface area contributed by atoms with E-state index in [1.54, 1.807) is 31.4 Å². The zero-order chi connectivity index (χ0) is 16.1. The molecule has 0 aromatic heterocycles. The Hall–Kier alpha value is -3.15. The van der Waals surface area contributed by atoms with Crippen molar-refractivity contribution in [1.29, 1.82) is 0 Å². The van der Waals surface area contributed by atoms with Crippen molar-refractivity contribution in [2.45, 2.75) is 5.92 Å². The van der Waals surface area contributed by atoms with Gasteiger partial charge in [0.25, 0.3) is 5.78 Å². The lowest BCUT2D eigenvalue weighted by Crippen LogP contribution is -2.12. The first-order valence-electron chi connectivity index (χ1n) is 6.88. The van der Waals surface area contributed by atoms with Gasteiger partial charge in [-0.25, -0.2) is 4.79 Å². The molecule has 0 radical (unpaired) electrons. The number of esters is 2. The van der Waals surface area contributed by atoms with Gasteiger partial charge in [-0.05, 0) is 29.8 Å². The van der Waals surface area contributed by atoms with Crippen LogP contribution in [0.2, 0.25) is 0 Å². The maximum Gasteiger partial charge on any atom is 0.385 e. The Morgan fingerprint density at radius 3 is 2.39 bits per heavy atom. The summed E-state index contributed by atoms with van der Waals surface area (Å²) in [6.07, 6.45) is 0. The van der Waals surface area contributed by atoms with Crippen LogP contribution in [0.25, 0.3) is 0 Å². The second kappa shape index (κ2) is 4.67. The Morgan fingerprint density at radius 1 is 0.957 bits per heavy atom. The van der Waals surface area contributed by atoms with E-state index in [1.807, 2.05) is 0 Å². The van der Waals surface area contributed by atoms with Crippen molar-refractivity contribution < 1.29 is 28.6 Å². The second-order valence-corrected chi connectivity index (χ2v) is 5.23. The van der Waals surface area contributed by atoms with E-state index in [2.05, 4.69) is 0 Å². The third-order valence-electron chi connectivity index (χ3n) is 3.95. The fourth-order valence-corrected chi connectivity index (χ4v) is 2.81. The molecule has 4 rings (SSSR count). The number of Topliss-reactive ketones (excluding diaryl/α,β-unsaturated/α-hetero) is 1. The number of ether oxygens (including phenoxy) is 3. The minimum Gasteiger partial charge on any atom is -0.497 e. The molecule has 2 aromatic carbocycles. The van der Waals surface area contributed by atoms with Crippen LogP contribution in [-0.4, -0.2) is 24.8 Å². The molecule has 0 fully saturated rings. The highest BCUT2D eigenvalue weighted by Gasteiger charge is 2.39. The number of carbonyl (C=O) groups excluding carboxylic acids is 3. The van der Waals surface area contributed by atoms with E-state index in [0.717, 1.165) is 5.56 Å². The summed E-state index contributed by atoms with van der Waals surface area (Å²) in [4.78, 5) is 35.2. The molecule has 1 atom stereocenters. The maximum absolute atomic E-state index is 12.2. The predicted molar refractivity (Wildman–Crippen MR) is 76.9 cm³/mol. The van der Waals surface area contributed by atoms with Crippen molar-refractivity contribution in [3.63, 3.8) is 0 Å². The van der Waals surface area contributed by atoms with Gasteiger partial charge in [0.2, 0.25) is 0 Å². The van der Waals surface area contributed by atoms with Crippen LogP contribution in [0.4, 0.5) is 0 Å². The average Bonchev–Trinajstić information content (AvgIpc) is 3.01. The molecule has 0 amide bonds. The van der Waals surface area contributed by atoms with E-state index >= 15 is 0 Å². The summed E-state index contributed by atoms with van der Waals surface area (Å²) in [6, 6.07) is 9.94. The molecule has 6 heteroatoms. The number of carbonyl (C=O) groups is 3. The molecular formula is C17H10O6. The van der Waals surface area contributed by atoms with Crippen molar-refractivity contribution >= 4 is 17.7 Å². The van der Waals surface area contributed by atoms with Crippen LogP contribution >= 0.6 is 0 Å². The lowest BCUT2D eigenvalue weighted by molar-refractivity contribution is -0.133. The minimum absolute atomic E-state index is 0.122. The van der Waals surface area contributed by atoms with Gasteiger partial charge in [-0.3, -0.25) is 9.59 Å². The van der Waals surface area contributed by atoms with Crippen molar-refractivity contribution in [3.05, 3.63) is 53.1 Å². The van der Waals surface area contributed by atoms with Crippen LogP contribution in [0.3, 0.4) is 0 Å². The van der Waals surface area contributed by atoms with Crippen LogP contribution in [0, 0.1) is 0 Å². The zero-order valence-electron chi connectivity index (χ0n) is 12.0. The lowest BCUT2D eigenvalue weighted by atomic mass is 9.91. The standard InChI is InChI=1S/C17H10O6/c1-21-9-4-2-8(3-5-9)14-10-6-13-11(15(18)17(20)23-13)7-12(10)22-16(14)19/h2-7,14H,1H3. The first-order chi connectivity index (χ1) is 11.1. The maximum atomic E-state index is 12.2. The largest absolute Gasteiger partial charge is 0.497 e. The topological polar surface area (TPSA) is 78.9 Å². The van der Waals surface area contributed by atoms with E-state index in [-0.39, 0.29) is 17.1 Å². The summed E-state index contributed by atoms with van der Waals surface area (Å²) in [6.45, 7) is 0. The third kappa shape index (κ3) is 1.92. The smallest absolute Gasteiger partial charge is 0.385 e. The molecule has 6 nitrogen and oxygen atoms in total. The van der Waals surface area contributed by atoms with Gasteiger partial charge >= 0.3 is 11.9 Å². The van der Waals surface area contributed by atoms with Gasteiger partial charge in [-0.2, -0.15) is 0 Å². The van der Waals surface area contributed by atoms with Crippen molar-refractivity contribution in [2.24, 2.45) is 0 Å². The molecule has 0 saturated carbocycles. The van der Waals surface area contributed by atoms with Crippen LogP contribution < -0.4 is 14.2 Å². The highest BCUT2D eigenvalue weighted by molar-refractivity contribution is 6.44. The SMILES string of the molecule is COc1ccc(C2C(=O)Oc3cc4c(cc32)OC(=O)C4=O)cc1. The van der Waals surface area contributed by atoms with Crippen molar-refractivity contribution in [3.8, 4) is 17.2 Å². The first kappa shape index (κ1) is 13.5. The van der Waals surface area contributed by atoms with Gasteiger partial charge in [0.1, 0.15) is 23.2 Å². The molecule has 0 bridgehead atoms. The Morgan fingerprint density at radius 2 is 1.70 bits per heavy atom. The van der Waals surface area contributed by atoms with Crippen molar-refractivity contribution in [1.82, 2.24) is 0 Å². The minimum atomic E-state index is -0.920. The normalized spacial score (nSPS) is 18.3. The van der Waals surface area contributed by atoms with Crippen LogP contribution in [0.15, 0.2) is 36.4 Å². The third-order valence-corrected chi connectivity index (χ3v) is 3.95. The molecule has 2 aliphatic rings. The summed E-state index contributed by atoms with van der Waals surface area (Å²) >= 11 is 0. The molecule has 114 valence electrons. The van der Waals surface area contributed by atoms with Gasteiger partial charge in [0, 0.05) is 5.56 Å². The number of ketones is 1. The van der Waals surface area contributed by atoms with E-state index in [4.69, 9.17) is 14.2 Å². The zero-order valence-corrected chi connectivity index (χ0v) is 12.0. The summed E-state index contributed by atoms with van der Waals surface area (Å²) in [5.41, 5.74) is 1.42. The monoisotopic (exact) mass is 310 g/mol. The predicted octanol–water partition coefficient (Wildman–Crippen LogP) is 1.85. The number of benzene rings is 2. The molecule has 2 aliphatic heterocycles. The quantitative estimate of drug-likeness (QED) is 0.478. The van der Waals surface area contributed by atoms with E-state index in [0.29, 0.717) is 11.3 Å². The highest BCUT2D eigenvalue weighted by atomic mass is 16.6. The summed E-state index contributed by atoms with van der Waals surface area (Å²) < 4.78 is 15.3. The fourth-order valence-electron chi connectivity index (χ4n) is 2.81. The Balaban J connectivity index is 1.80. The van der Waals surface area contributed by atoms with E-state index in [9.17, 15) is 14.4 Å². The Labute approximate surface area is 130 Å². The average molecular weight is 310 g/mol. The van der Waals surface area contributed by atoms with Gasteiger partial charge in [-0.1, -0.05) is 12.1 Å². The molecular weight excluding hydrogens is 300 g/mol. The molecule has 0 N–H and O–H groups in total. The molecule has 1 unspecified atom stereocenters. The molecule has 0 aliphatic carbocycles. The van der Waals surface area contributed by atoms with Gasteiger partial charge in [0.05, 0.1) is 12.7 Å². The van der Waals surface area contributed by atoms with Crippen molar-refractivity contribution in [2.75, 3.05) is 7.11 Å². The van der Waals surface area contributed by atoms with Gasteiger partial charge in [-0.15, -0.1) is 0 Å². The highest BCUT2D eigenvalue weighted by Crippen LogP contribution is 2.44. The summed E-state index contributed by atoms with van der Waals surface area (Å²) in [5, 5.41) is 0. The first-order valence-corrected chi connectivity index (χ1v) is 6.88. The second-order valence-electron chi connectivity index (χ2n) is 5.23. The summed E-state index contributed by atoms with van der Waals surface area (Å²) in [7, 11) is 1.56. The molecule has 0 saturated heterocycles. The fraction of sp³-hybridized carbons (Fsp3) is 0.118. The molecule has 23 heavy (non-hydrogen) atoms. The van der Waals surface area contributed by atoms with Gasteiger partial charge in [0.15, 0.2) is 0 Å². The van der Waals surface area contributed by atoms with Crippen LogP contribution in [-0.2, 0) is 9.59 Å². The van der Waals surface area contributed by atoms with Crippen LogP contribution in [0.1, 0.15) is 27.4 Å². The Kier molecular flexibility index (Phi) is 2.74. The van der Waals surface area contributed by atoms with E-state index < -0.39 is 23.6 Å². The number of rotatable bonds is 2. The molecule has 0 spiro atoms. The number of hydrogen-bond acceptors (Lipinski definition) is 6. The van der Waals surface area contributed by atoms with Crippen LogP contribution in [0.5, 0.6) is 17.2 Å².